The smallest absolute Gasteiger partial charge is 0.271 e. The zero-order chi connectivity index (χ0) is 19.3. The molecular weight excluding hydrogens is 412 g/mol. The molecule has 1 aliphatic carbocycles. The van der Waals surface area contributed by atoms with E-state index in [1.165, 1.54) is 11.3 Å². The maximum atomic E-state index is 13.3. The fraction of sp³-hybridized carbons (Fsp3) is 0.190. The van der Waals surface area contributed by atoms with Crippen molar-refractivity contribution >= 4 is 46.1 Å². The summed E-state index contributed by atoms with van der Waals surface area (Å²) in [5.41, 5.74) is 2.25. The van der Waals surface area contributed by atoms with Crippen LogP contribution in [0.1, 0.15) is 35.7 Å². The maximum Gasteiger partial charge on any atom is 0.271 e. The van der Waals surface area contributed by atoms with Crippen LogP contribution in [0.25, 0.3) is 6.08 Å². The molecule has 4 nitrogen and oxygen atoms in total. The lowest BCUT2D eigenvalue weighted by molar-refractivity contribution is -0.116. The Balaban J connectivity index is 1.79. The zero-order valence-electron chi connectivity index (χ0n) is 14.7. The molecular formula is C21H15ClN2O2S2. The number of thiophene rings is 1. The van der Waals surface area contributed by atoms with E-state index in [-0.39, 0.29) is 11.3 Å². The summed E-state index contributed by atoms with van der Waals surface area (Å²) < 4.78 is 2.31. The molecule has 7 heteroatoms. The predicted molar refractivity (Wildman–Crippen MR) is 113 cm³/mol. The molecule has 28 heavy (non-hydrogen) atoms. The molecule has 1 aromatic carbocycles. The van der Waals surface area contributed by atoms with Crippen LogP contribution in [0.2, 0.25) is 5.02 Å². The quantitative estimate of drug-likeness (QED) is 0.627. The lowest BCUT2D eigenvalue weighted by atomic mass is 9.86. The second-order valence-electron chi connectivity index (χ2n) is 6.79. The lowest BCUT2D eigenvalue weighted by Crippen LogP contribution is -2.40. The van der Waals surface area contributed by atoms with Gasteiger partial charge in [0.25, 0.3) is 5.56 Å². The van der Waals surface area contributed by atoms with Crippen LogP contribution >= 0.6 is 34.3 Å². The van der Waals surface area contributed by atoms with Crippen molar-refractivity contribution in [2.45, 2.75) is 25.3 Å². The number of benzene rings is 1. The first-order valence-electron chi connectivity index (χ1n) is 8.99. The summed E-state index contributed by atoms with van der Waals surface area (Å²) >= 11 is 9.03. The number of hydrogen-bond donors (Lipinski definition) is 0. The molecule has 3 heterocycles. The van der Waals surface area contributed by atoms with Crippen molar-refractivity contribution in [3.05, 3.63) is 88.2 Å². The van der Waals surface area contributed by atoms with Gasteiger partial charge in [-0.1, -0.05) is 41.1 Å². The SMILES string of the molecule is O=C1CCCC2=C1C(c1ccc(Cl)cc1)n1c(sc(=Cc3cccs3)c1=O)=N2. The normalized spacial score (nSPS) is 19.4. The van der Waals surface area contributed by atoms with Crippen molar-refractivity contribution < 1.29 is 4.79 Å². The van der Waals surface area contributed by atoms with E-state index in [1.807, 2.05) is 35.7 Å². The van der Waals surface area contributed by atoms with E-state index in [1.54, 1.807) is 28.0 Å². The molecule has 0 spiro atoms. The number of rotatable bonds is 2. The summed E-state index contributed by atoms with van der Waals surface area (Å²) in [5, 5.41) is 2.61. The van der Waals surface area contributed by atoms with Crippen molar-refractivity contribution in [1.82, 2.24) is 4.57 Å². The number of Topliss-reactive ketones (excluding diaryl/α,β-unsaturated/α-hetero) is 1. The molecule has 3 aromatic rings. The average Bonchev–Trinajstić information content (AvgIpc) is 3.30. The van der Waals surface area contributed by atoms with Gasteiger partial charge in [0, 0.05) is 21.9 Å². The van der Waals surface area contributed by atoms with Crippen LogP contribution in [0.4, 0.5) is 0 Å². The minimum atomic E-state index is -0.443. The number of nitrogens with zero attached hydrogens (tertiary/aromatic N) is 2. The van der Waals surface area contributed by atoms with Gasteiger partial charge in [-0.25, -0.2) is 4.99 Å². The summed E-state index contributed by atoms with van der Waals surface area (Å²) in [4.78, 5) is 32.5. The fourth-order valence-corrected chi connectivity index (χ4v) is 5.64. The number of allylic oxidation sites excluding steroid dienone is 2. The number of ketones is 1. The number of aromatic nitrogens is 1. The Hall–Kier alpha value is -2.28. The monoisotopic (exact) mass is 426 g/mol. The van der Waals surface area contributed by atoms with Gasteiger partial charge < -0.3 is 0 Å². The van der Waals surface area contributed by atoms with E-state index in [4.69, 9.17) is 16.6 Å². The van der Waals surface area contributed by atoms with Crippen LogP contribution in [-0.4, -0.2) is 10.4 Å². The van der Waals surface area contributed by atoms with E-state index in [2.05, 4.69) is 0 Å². The average molecular weight is 427 g/mol. The molecule has 0 fully saturated rings. The van der Waals surface area contributed by atoms with E-state index in [0.29, 0.717) is 26.4 Å². The molecule has 1 aliphatic heterocycles. The van der Waals surface area contributed by atoms with Crippen LogP contribution in [-0.2, 0) is 4.79 Å². The predicted octanol–water partition coefficient (Wildman–Crippen LogP) is 3.68. The highest BCUT2D eigenvalue weighted by Crippen LogP contribution is 2.36. The molecule has 0 radical (unpaired) electrons. The van der Waals surface area contributed by atoms with Crippen molar-refractivity contribution in [1.29, 1.82) is 0 Å². The van der Waals surface area contributed by atoms with Gasteiger partial charge in [0.05, 0.1) is 16.3 Å². The van der Waals surface area contributed by atoms with Crippen molar-refractivity contribution in [2.24, 2.45) is 4.99 Å². The second-order valence-corrected chi connectivity index (χ2v) is 9.21. The largest absolute Gasteiger partial charge is 0.294 e. The Bertz CT molecular complexity index is 1280. The maximum absolute atomic E-state index is 13.3. The summed E-state index contributed by atoms with van der Waals surface area (Å²) in [6.07, 6.45) is 3.97. The number of hydrogen-bond acceptors (Lipinski definition) is 5. The molecule has 2 aromatic heterocycles. The Morgan fingerprint density at radius 1 is 1.14 bits per heavy atom. The topological polar surface area (TPSA) is 51.4 Å². The van der Waals surface area contributed by atoms with Crippen LogP contribution in [0.15, 0.2) is 62.8 Å². The van der Waals surface area contributed by atoms with Gasteiger partial charge in [0.15, 0.2) is 10.6 Å². The van der Waals surface area contributed by atoms with Crippen LogP contribution in [0, 0.1) is 0 Å². The molecule has 2 aliphatic rings. The van der Waals surface area contributed by atoms with Crippen LogP contribution < -0.4 is 14.9 Å². The number of fused-ring (bicyclic) bond motifs is 1. The van der Waals surface area contributed by atoms with Gasteiger partial charge in [-0.15, -0.1) is 11.3 Å². The highest BCUT2D eigenvalue weighted by molar-refractivity contribution is 7.11. The third kappa shape index (κ3) is 2.92. The molecule has 1 atom stereocenters. The van der Waals surface area contributed by atoms with E-state index >= 15 is 0 Å². The van der Waals surface area contributed by atoms with Crippen LogP contribution in [0.3, 0.4) is 0 Å². The third-order valence-corrected chi connectivity index (χ3v) is 7.08. The Morgan fingerprint density at radius 3 is 2.71 bits per heavy atom. The molecule has 0 amide bonds. The Morgan fingerprint density at radius 2 is 1.96 bits per heavy atom. The third-order valence-electron chi connectivity index (χ3n) is 5.03. The van der Waals surface area contributed by atoms with Crippen molar-refractivity contribution in [3.63, 3.8) is 0 Å². The molecule has 5 rings (SSSR count). The van der Waals surface area contributed by atoms with Gasteiger partial charge in [0.1, 0.15) is 0 Å². The summed E-state index contributed by atoms with van der Waals surface area (Å²) in [6.45, 7) is 0. The van der Waals surface area contributed by atoms with Crippen molar-refractivity contribution in [3.8, 4) is 0 Å². The minimum absolute atomic E-state index is 0.0810. The Labute approximate surface area is 173 Å². The number of halogens is 1. The van der Waals surface area contributed by atoms with Gasteiger partial charge >= 0.3 is 0 Å². The summed E-state index contributed by atoms with van der Waals surface area (Å²) in [6, 6.07) is 10.9. The number of carbonyl (C=O) groups excluding carboxylic acids is 1. The first-order chi connectivity index (χ1) is 13.6. The molecule has 140 valence electrons. The highest BCUT2D eigenvalue weighted by atomic mass is 35.5. The lowest BCUT2D eigenvalue weighted by Gasteiger charge is -2.28. The van der Waals surface area contributed by atoms with Gasteiger partial charge in [0.2, 0.25) is 0 Å². The summed E-state index contributed by atoms with van der Waals surface area (Å²) in [5.74, 6) is 0.0810. The highest BCUT2D eigenvalue weighted by Gasteiger charge is 2.34. The van der Waals surface area contributed by atoms with E-state index in [9.17, 15) is 9.59 Å². The molecule has 0 saturated heterocycles. The molecule has 0 bridgehead atoms. The number of thiazole rings is 1. The zero-order valence-corrected chi connectivity index (χ0v) is 17.1. The van der Waals surface area contributed by atoms with E-state index < -0.39 is 6.04 Å². The first-order valence-corrected chi connectivity index (χ1v) is 11.1. The molecule has 0 saturated carbocycles. The van der Waals surface area contributed by atoms with Crippen LogP contribution in [0.5, 0.6) is 0 Å². The fourth-order valence-electron chi connectivity index (χ4n) is 3.77. The first kappa shape index (κ1) is 17.8. The van der Waals surface area contributed by atoms with Crippen molar-refractivity contribution in [2.75, 3.05) is 0 Å². The van der Waals surface area contributed by atoms with Gasteiger partial charge in [-0.2, -0.15) is 0 Å². The second kappa shape index (κ2) is 6.95. The van der Waals surface area contributed by atoms with E-state index in [0.717, 1.165) is 29.0 Å². The Kier molecular flexibility index (Phi) is 4.42. The molecule has 0 N–H and O–H groups in total. The van der Waals surface area contributed by atoms with Gasteiger partial charge in [-0.05, 0) is 48.1 Å². The number of carbonyl (C=O) groups is 1. The standard InChI is InChI=1S/C21H15ClN2O2S2/c22-13-8-6-12(7-9-13)19-18-15(4-1-5-16(18)25)23-21-24(19)20(26)17(28-21)11-14-3-2-10-27-14/h2-3,6-11,19H,1,4-5H2. The minimum Gasteiger partial charge on any atom is -0.294 e. The van der Waals surface area contributed by atoms with Gasteiger partial charge in [-0.3, -0.25) is 14.2 Å². The summed E-state index contributed by atoms with van der Waals surface area (Å²) in [7, 11) is 0. The molecule has 1 unspecified atom stereocenters.